The minimum Gasteiger partial charge on any atom is -0.382 e. The van der Waals surface area contributed by atoms with Gasteiger partial charge in [0.1, 0.15) is 49.2 Å². The minimum absolute atomic E-state index is 0.0528. The van der Waals surface area contributed by atoms with Gasteiger partial charge in [-0.05, 0) is 0 Å². The summed E-state index contributed by atoms with van der Waals surface area (Å²) in [5, 5.41) is 9.71. The molecular weight excluding hydrogens is 676 g/mol. The number of hydrogen-bond acceptors (Lipinski definition) is 18. The van der Waals surface area contributed by atoms with Crippen LogP contribution in [0, 0.1) is 0 Å². The Hall–Kier alpha value is -2.27. The summed E-state index contributed by atoms with van der Waals surface area (Å²) >= 11 is 8.14. The van der Waals surface area contributed by atoms with Gasteiger partial charge in [-0.1, -0.05) is 0 Å². The van der Waals surface area contributed by atoms with Crippen molar-refractivity contribution in [2.45, 2.75) is 49.1 Å². The minimum atomic E-state index is -4.23. The molecule has 236 valence electrons. The van der Waals surface area contributed by atoms with Crippen molar-refractivity contribution in [1.29, 1.82) is 0 Å². The SMILES string of the molecule is Nc1ncnc2c1ncn2[C@@H]1O[C@@H]2CO[P+](O)(S)O[C@@H]3[C@H](F)[C@@H](CO[P+](O)(S)O[C@H]2[C@@H]1F)O[C@@H]3c1nc2n[nH]nc2c(=O)[nH]1. The molecule has 6 N–H and O–H groups in total. The molecule has 0 aliphatic carbocycles. The molecule has 19 nitrogen and oxygen atoms in total. The van der Waals surface area contributed by atoms with E-state index in [1.54, 1.807) is 0 Å². The van der Waals surface area contributed by atoms with Gasteiger partial charge in [0.05, 0.1) is 30.8 Å². The van der Waals surface area contributed by atoms with Gasteiger partial charge >= 0.3 is 14.3 Å². The lowest BCUT2D eigenvalue weighted by atomic mass is 10.1. The highest BCUT2D eigenvalue weighted by atomic mass is 32.7. The molecule has 0 aromatic carbocycles. The van der Waals surface area contributed by atoms with E-state index in [0.717, 1.165) is 6.33 Å². The summed E-state index contributed by atoms with van der Waals surface area (Å²) in [5.41, 5.74) is 5.28. The molecule has 3 aliphatic rings. The third-order valence-electron chi connectivity index (χ3n) is 7.03. The quantitative estimate of drug-likeness (QED) is 0.111. The zero-order valence-corrected chi connectivity index (χ0v) is 25.3. The van der Waals surface area contributed by atoms with Crippen molar-refractivity contribution in [2.24, 2.45) is 0 Å². The number of thiol groups is 2. The monoisotopic (exact) mass is 698 g/mol. The van der Waals surface area contributed by atoms with Crippen LogP contribution < -0.4 is 11.3 Å². The second-order valence-electron chi connectivity index (χ2n) is 9.79. The number of rotatable bonds is 2. The van der Waals surface area contributed by atoms with Crippen molar-refractivity contribution in [2.75, 3.05) is 18.9 Å². The Morgan fingerprint density at radius 1 is 0.977 bits per heavy atom. The van der Waals surface area contributed by atoms with Gasteiger partial charge in [-0.25, -0.2) is 28.7 Å². The fourth-order valence-corrected chi connectivity index (χ4v) is 8.02. The van der Waals surface area contributed by atoms with Crippen LogP contribution in [0.1, 0.15) is 18.2 Å². The van der Waals surface area contributed by atoms with Crippen LogP contribution in [0.4, 0.5) is 14.6 Å². The zero-order chi connectivity index (χ0) is 31.0. The highest BCUT2D eigenvalue weighted by molar-refractivity contribution is 8.47. The van der Waals surface area contributed by atoms with Gasteiger partial charge in [0.25, 0.3) is 5.56 Å². The van der Waals surface area contributed by atoms with E-state index in [1.165, 1.54) is 10.9 Å². The average Bonchev–Trinajstić information content (AvgIpc) is 3.74. The topological polar surface area (TPSA) is 253 Å². The van der Waals surface area contributed by atoms with E-state index in [4.69, 9.17) is 33.3 Å². The standard InChI is InChI=1S/C19H21F2N10O9P2S2/c20-7-5-1-35-41(33,43)39-11-6(38-19(8(11)21)31-4-25-9-14(22)23-3-24-17(9)31)2-36-42(34,44)40-12(7)13(37-5)16-26-15-10(18(32)27-16)28-30-29-15/h3-8,11-13,19,33-34,43-44H,1-2H2,(H3-,22,23,24,26,27,28,29,30,32)/q+1/p+1/t5-,6-,7-,8+,11-,12-,13+,19-,41?,42?/m1/s1. The van der Waals surface area contributed by atoms with Crippen molar-refractivity contribution >= 4 is 66.9 Å². The van der Waals surface area contributed by atoms with Crippen LogP contribution in [-0.2, 0) is 27.6 Å². The second kappa shape index (κ2) is 11.2. The van der Waals surface area contributed by atoms with Gasteiger partial charge in [-0.2, -0.15) is 33.1 Å². The van der Waals surface area contributed by atoms with Gasteiger partial charge in [0, 0.05) is 0 Å². The Balaban J connectivity index is 1.19. The summed E-state index contributed by atoms with van der Waals surface area (Å²) in [6.07, 6.45) is -10.6. The number of hydrogen-bond donors (Lipinski definition) is 7. The first kappa shape index (κ1) is 30.4. The molecule has 0 amide bonds. The molecule has 7 rings (SSSR count). The number of anilines is 1. The molecule has 0 saturated carbocycles. The van der Waals surface area contributed by atoms with E-state index in [-0.39, 0.29) is 34.0 Å². The number of ether oxygens (including phenoxy) is 2. The number of nitrogens with two attached hydrogens (primary N) is 1. The molecule has 3 saturated heterocycles. The number of nitrogens with one attached hydrogen (secondary N) is 2. The molecule has 3 aliphatic heterocycles. The maximum atomic E-state index is 16.0. The highest BCUT2D eigenvalue weighted by Crippen LogP contribution is 2.67. The Labute approximate surface area is 254 Å². The van der Waals surface area contributed by atoms with Crippen LogP contribution in [0.3, 0.4) is 0 Å². The Morgan fingerprint density at radius 3 is 2.48 bits per heavy atom. The van der Waals surface area contributed by atoms with E-state index in [1.807, 2.05) is 0 Å². The van der Waals surface area contributed by atoms with Crippen LogP contribution >= 0.6 is 38.8 Å². The Bertz CT molecular complexity index is 1770. The first-order valence-corrected chi connectivity index (χ1v) is 18.0. The molecule has 44 heavy (non-hydrogen) atoms. The van der Waals surface area contributed by atoms with E-state index in [0.29, 0.717) is 0 Å². The number of nitrogens with zero attached hydrogens (tertiary/aromatic N) is 7. The highest BCUT2D eigenvalue weighted by Gasteiger charge is 2.60. The van der Waals surface area contributed by atoms with E-state index in [9.17, 15) is 14.6 Å². The lowest BCUT2D eigenvalue weighted by Crippen LogP contribution is -2.34. The fraction of sp³-hybridized carbons (Fsp3) is 0.526. The molecule has 0 spiro atoms. The largest absolute Gasteiger partial charge is 0.476 e. The normalized spacial score (nSPS) is 38.3. The van der Waals surface area contributed by atoms with Crippen molar-refractivity contribution in [3.8, 4) is 0 Å². The molecule has 4 aromatic heterocycles. The van der Waals surface area contributed by atoms with E-state index >= 15 is 8.78 Å². The third kappa shape index (κ3) is 5.43. The number of imidazole rings is 1. The van der Waals surface area contributed by atoms with Crippen LogP contribution in [0.15, 0.2) is 17.4 Å². The molecule has 4 aromatic rings. The number of alkyl halides is 2. The van der Waals surface area contributed by atoms with Crippen LogP contribution in [0.25, 0.3) is 22.3 Å². The van der Waals surface area contributed by atoms with Crippen molar-refractivity contribution in [1.82, 2.24) is 44.9 Å². The van der Waals surface area contributed by atoms with Crippen molar-refractivity contribution < 1.29 is 46.1 Å². The summed E-state index contributed by atoms with van der Waals surface area (Å²) < 4.78 is 66.7. The first-order valence-electron chi connectivity index (χ1n) is 12.6. The molecule has 25 heteroatoms. The third-order valence-corrected chi connectivity index (χ3v) is 10.3. The van der Waals surface area contributed by atoms with Gasteiger partial charge in [0.15, 0.2) is 47.8 Å². The number of aromatic amines is 2. The first-order chi connectivity index (χ1) is 20.9. The summed E-state index contributed by atoms with van der Waals surface area (Å²) in [6, 6.07) is 0. The number of halogens is 2. The van der Waals surface area contributed by atoms with Gasteiger partial charge in [0.2, 0.25) is 5.65 Å². The smallest absolute Gasteiger partial charge is 0.382 e. The van der Waals surface area contributed by atoms with Crippen molar-refractivity contribution in [3.05, 3.63) is 28.8 Å². The van der Waals surface area contributed by atoms with Crippen LogP contribution in [0.5, 0.6) is 0 Å². The van der Waals surface area contributed by atoms with Crippen LogP contribution in [-0.4, -0.2) is 105 Å². The molecule has 7 heterocycles. The molecular formula is C19H22F2N10O9P2S2+2. The molecule has 10 atom stereocenters. The summed E-state index contributed by atoms with van der Waals surface area (Å²) in [4.78, 5) is 53.0. The van der Waals surface area contributed by atoms with E-state index in [2.05, 4.69) is 64.8 Å². The summed E-state index contributed by atoms with van der Waals surface area (Å²) in [6.45, 7) is -1.29. The number of fused-ring (bicyclic) bond motifs is 5. The molecule has 2 unspecified atom stereocenters. The van der Waals surface area contributed by atoms with Gasteiger partial charge in [-0.15, -0.1) is 10.2 Å². The number of H-pyrrole nitrogens is 2. The summed E-state index contributed by atoms with van der Waals surface area (Å²) in [5.74, 6) is -0.157. The zero-order valence-electron chi connectivity index (χ0n) is 21.7. The molecule has 0 radical (unpaired) electrons. The maximum Gasteiger partial charge on any atom is 0.476 e. The Kier molecular flexibility index (Phi) is 7.74. The number of aromatic nitrogens is 9. The predicted octanol–water partition coefficient (Wildman–Crippen LogP) is 0.493. The average molecular weight is 699 g/mol. The fourth-order valence-electron chi connectivity index (χ4n) is 5.05. The Morgan fingerprint density at radius 2 is 1.70 bits per heavy atom. The maximum absolute atomic E-state index is 16.0. The lowest BCUT2D eigenvalue weighted by Gasteiger charge is -2.22. The van der Waals surface area contributed by atoms with Gasteiger partial charge in [-0.3, -0.25) is 9.36 Å². The lowest BCUT2D eigenvalue weighted by molar-refractivity contribution is -0.0497. The molecule has 3 fully saturated rings. The summed E-state index contributed by atoms with van der Waals surface area (Å²) in [7, 11) is -8.42. The van der Waals surface area contributed by atoms with Gasteiger partial charge < -0.3 is 20.2 Å². The van der Waals surface area contributed by atoms with Crippen molar-refractivity contribution in [3.63, 3.8) is 0 Å². The predicted molar refractivity (Wildman–Crippen MR) is 151 cm³/mol. The second-order valence-corrected chi connectivity index (χ2v) is 15.7. The molecule has 2 bridgehead atoms. The van der Waals surface area contributed by atoms with E-state index < -0.39 is 82.2 Å². The van der Waals surface area contributed by atoms with Crippen LogP contribution in [0.2, 0.25) is 0 Å². The number of nitrogen functional groups attached to an aromatic ring is 1.